The highest BCUT2D eigenvalue weighted by atomic mass is 32.2. The number of carbonyl (C=O) groups is 2. The molecule has 144 valence electrons. The fourth-order valence-corrected chi connectivity index (χ4v) is 4.69. The summed E-state index contributed by atoms with van der Waals surface area (Å²) in [4.78, 5) is 34.9. The Kier molecular flexibility index (Phi) is 5.97. The number of thioether (sulfide) groups is 1. The molecule has 0 aliphatic carbocycles. The average molecular weight is 420 g/mol. The van der Waals surface area contributed by atoms with Gasteiger partial charge in [0.15, 0.2) is 0 Å². The Morgan fingerprint density at radius 2 is 1.66 bits per heavy atom. The second-order valence-corrected chi connectivity index (χ2v) is 8.29. The van der Waals surface area contributed by atoms with Gasteiger partial charge < -0.3 is 0 Å². The van der Waals surface area contributed by atoms with Crippen molar-refractivity contribution in [2.24, 2.45) is 0 Å². The van der Waals surface area contributed by atoms with Gasteiger partial charge in [-0.05, 0) is 17.2 Å². The minimum atomic E-state index is -0.332. The predicted octanol–water partition coefficient (Wildman–Crippen LogP) is 4.34. The van der Waals surface area contributed by atoms with Crippen LogP contribution in [-0.2, 0) is 16.0 Å². The van der Waals surface area contributed by atoms with Gasteiger partial charge in [-0.2, -0.15) is 0 Å². The first-order valence-electron chi connectivity index (χ1n) is 8.98. The quantitative estimate of drug-likeness (QED) is 0.372. The zero-order chi connectivity index (χ0) is 20.1. The van der Waals surface area contributed by atoms with Gasteiger partial charge in [0, 0.05) is 10.3 Å². The summed E-state index contributed by atoms with van der Waals surface area (Å²) in [7, 11) is 0. The second kappa shape index (κ2) is 8.98. The largest absolute Gasteiger partial charge is 0.295 e. The third-order valence-electron chi connectivity index (χ3n) is 4.18. The normalized spacial score (nSPS) is 10.8. The van der Waals surface area contributed by atoms with E-state index in [4.69, 9.17) is 0 Å². The standard InChI is InChI=1S/C22H17N3O2S2/c26-19(11-15-7-3-1-4-8-15)25-20(27)13-28-21-17-12-18(16-9-5-2-6-10-16)29-22(17)24-14-23-21/h1-10,12,14H,11,13H2,(H,25,26,27). The fourth-order valence-electron chi connectivity index (χ4n) is 2.84. The molecular weight excluding hydrogens is 402 g/mol. The second-order valence-electron chi connectivity index (χ2n) is 6.30. The van der Waals surface area contributed by atoms with Gasteiger partial charge in [0.2, 0.25) is 11.8 Å². The van der Waals surface area contributed by atoms with E-state index in [-0.39, 0.29) is 24.0 Å². The van der Waals surface area contributed by atoms with Gasteiger partial charge in [0.1, 0.15) is 16.2 Å². The Morgan fingerprint density at radius 1 is 0.931 bits per heavy atom. The van der Waals surface area contributed by atoms with Crippen molar-refractivity contribution in [1.82, 2.24) is 15.3 Å². The van der Waals surface area contributed by atoms with Crippen LogP contribution in [-0.4, -0.2) is 27.5 Å². The van der Waals surface area contributed by atoms with Crippen LogP contribution in [0.3, 0.4) is 0 Å². The molecule has 5 nitrogen and oxygen atoms in total. The molecule has 0 saturated heterocycles. The monoisotopic (exact) mass is 419 g/mol. The minimum Gasteiger partial charge on any atom is -0.295 e. The molecule has 0 unspecified atom stereocenters. The molecule has 4 rings (SSSR count). The number of fused-ring (bicyclic) bond motifs is 1. The number of carbonyl (C=O) groups excluding carboxylic acids is 2. The third-order valence-corrected chi connectivity index (χ3v) is 6.27. The lowest BCUT2D eigenvalue weighted by Gasteiger charge is -2.04. The molecule has 0 aliphatic rings. The molecule has 2 aromatic carbocycles. The Morgan fingerprint density at radius 3 is 2.41 bits per heavy atom. The maximum Gasteiger partial charge on any atom is 0.236 e. The first-order valence-corrected chi connectivity index (χ1v) is 10.8. The summed E-state index contributed by atoms with van der Waals surface area (Å²) in [5.41, 5.74) is 1.99. The molecule has 0 fully saturated rings. The smallest absolute Gasteiger partial charge is 0.236 e. The lowest BCUT2D eigenvalue weighted by molar-refractivity contribution is -0.128. The summed E-state index contributed by atoms with van der Waals surface area (Å²) in [6.07, 6.45) is 1.69. The van der Waals surface area contributed by atoms with E-state index in [1.807, 2.05) is 48.5 Å². The van der Waals surface area contributed by atoms with E-state index < -0.39 is 0 Å². The summed E-state index contributed by atoms with van der Waals surface area (Å²) < 4.78 is 0. The Labute approximate surface area is 176 Å². The average Bonchev–Trinajstić information content (AvgIpc) is 3.18. The van der Waals surface area contributed by atoms with Crippen molar-refractivity contribution >= 4 is 45.1 Å². The number of nitrogens with one attached hydrogen (secondary N) is 1. The van der Waals surface area contributed by atoms with E-state index in [9.17, 15) is 9.59 Å². The molecule has 7 heteroatoms. The summed E-state index contributed by atoms with van der Waals surface area (Å²) in [5.74, 6) is -0.527. The Bertz CT molecular complexity index is 1140. The van der Waals surface area contributed by atoms with Crippen molar-refractivity contribution in [3.05, 3.63) is 78.6 Å². The minimum absolute atomic E-state index is 0.114. The van der Waals surface area contributed by atoms with Crippen LogP contribution in [0.5, 0.6) is 0 Å². The van der Waals surface area contributed by atoms with Crippen LogP contribution >= 0.6 is 23.1 Å². The van der Waals surface area contributed by atoms with Crippen molar-refractivity contribution < 1.29 is 9.59 Å². The van der Waals surface area contributed by atoms with Crippen molar-refractivity contribution in [3.63, 3.8) is 0 Å². The van der Waals surface area contributed by atoms with Crippen LogP contribution in [0.25, 0.3) is 20.7 Å². The lowest BCUT2D eigenvalue weighted by atomic mass is 10.1. The van der Waals surface area contributed by atoms with Crippen LogP contribution in [0.1, 0.15) is 5.56 Å². The van der Waals surface area contributed by atoms with E-state index in [0.717, 1.165) is 31.2 Å². The van der Waals surface area contributed by atoms with Gasteiger partial charge in [-0.1, -0.05) is 72.4 Å². The van der Waals surface area contributed by atoms with E-state index in [0.29, 0.717) is 0 Å². The Hall–Kier alpha value is -3.03. The molecule has 0 saturated carbocycles. The van der Waals surface area contributed by atoms with Gasteiger partial charge in [0.25, 0.3) is 0 Å². The van der Waals surface area contributed by atoms with Gasteiger partial charge in [-0.25, -0.2) is 9.97 Å². The number of benzene rings is 2. The highest BCUT2D eigenvalue weighted by Crippen LogP contribution is 2.35. The summed E-state index contributed by atoms with van der Waals surface area (Å²) in [5, 5.41) is 4.09. The third kappa shape index (κ3) is 4.88. The number of hydrogen-bond acceptors (Lipinski definition) is 6. The summed E-state index contributed by atoms with van der Waals surface area (Å²) in [6, 6.07) is 21.5. The van der Waals surface area contributed by atoms with Gasteiger partial charge in [-0.15, -0.1) is 11.3 Å². The molecule has 0 bridgehead atoms. The highest BCUT2D eigenvalue weighted by molar-refractivity contribution is 8.00. The van der Waals surface area contributed by atoms with Gasteiger partial charge in [0.05, 0.1) is 12.2 Å². The molecule has 0 atom stereocenters. The fraction of sp³-hybridized carbons (Fsp3) is 0.0909. The maximum absolute atomic E-state index is 12.2. The lowest BCUT2D eigenvalue weighted by Crippen LogP contribution is -2.33. The summed E-state index contributed by atoms with van der Waals surface area (Å²) >= 11 is 2.90. The van der Waals surface area contributed by atoms with Crippen molar-refractivity contribution in [2.45, 2.75) is 11.4 Å². The van der Waals surface area contributed by atoms with Crippen molar-refractivity contribution in [1.29, 1.82) is 0 Å². The van der Waals surface area contributed by atoms with Crippen LogP contribution in [0.2, 0.25) is 0 Å². The van der Waals surface area contributed by atoms with Crippen LogP contribution in [0, 0.1) is 0 Å². The molecular formula is C22H17N3O2S2. The molecule has 4 aromatic rings. The number of aromatic nitrogens is 2. The predicted molar refractivity (Wildman–Crippen MR) is 117 cm³/mol. The zero-order valence-electron chi connectivity index (χ0n) is 15.4. The number of imide groups is 1. The van der Waals surface area contributed by atoms with Crippen LogP contribution in [0.15, 0.2) is 78.1 Å². The van der Waals surface area contributed by atoms with Gasteiger partial charge in [-0.3, -0.25) is 14.9 Å². The van der Waals surface area contributed by atoms with Crippen molar-refractivity contribution in [2.75, 3.05) is 5.75 Å². The van der Waals surface area contributed by atoms with E-state index in [1.165, 1.54) is 18.1 Å². The molecule has 0 spiro atoms. The molecule has 2 heterocycles. The molecule has 2 amide bonds. The number of amides is 2. The van der Waals surface area contributed by atoms with E-state index >= 15 is 0 Å². The number of hydrogen-bond donors (Lipinski definition) is 1. The number of thiophene rings is 1. The maximum atomic E-state index is 12.2. The van der Waals surface area contributed by atoms with Gasteiger partial charge >= 0.3 is 0 Å². The highest BCUT2D eigenvalue weighted by Gasteiger charge is 2.13. The van der Waals surface area contributed by atoms with Crippen molar-refractivity contribution in [3.8, 4) is 10.4 Å². The van der Waals surface area contributed by atoms with E-state index in [2.05, 4.69) is 33.5 Å². The topological polar surface area (TPSA) is 72.0 Å². The first-order chi connectivity index (χ1) is 14.2. The zero-order valence-corrected chi connectivity index (χ0v) is 17.0. The number of rotatable bonds is 6. The molecule has 0 aliphatic heterocycles. The Balaban J connectivity index is 1.41. The molecule has 0 radical (unpaired) electrons. The molecule has 2 aromatic heterocycles. The molecule has 29 heavy (non-hydrogen) atoms. The van der Waals surface area contributed by atoms with E-state index in [1.54, 1.807) is 11.3 Å². The summed E-state index contributed by atoms with van der Waals surface area (Å²) in [6.45, 7) is 0. The molecule has 1 N–H and O–H groups in total. The van der Waals surface area contributed by atoms with Crippen LogP contribution in [0.4, 0.5) is 0 Å². The van der Waals surface area contributed by atoms with Crippen LogP contribution < -0.4 is 5.32 Å². The SMILES string of the molecule is O=C(CSc1ncnc2sc(-c3ccccc3)cc12)NC(=O)Cc1ccccc1. The number of nitrogens with zero attached hydrogens (tertiary/aromatic N) is 2. The first kappa shape index (κ1) is 19.3.